The predicted octanol–water partition coefficient (Wildman–Crippen LogP) is 3.97. The summed E-state index contributed by atoms with van der Waals surface area (Å²) in [6.07, 6.45) is 1.51. The molecule has 1 atom stereocenters. The molecule has 0 spiro atoms. The summed E-state index contributed by atoms with van der Waals surface area (Å²) in [7, 11) is -2.74. The van der Waals surface area contributed by atoms with E-state index < -0.39 is 18.9 Å². The van der Waals surface area contributed by atoms with Gasteiger partial charge in [-0.2, -0.15) is 0 Å². The molecule has 0 bridgehead atoms. The second-order valence-electron chi connectivity index (χ2n) is 6.59. The molecule has 1 unspecified atom stereocenters. The fraction of sp³-hybridized carbons (Fsp3) is 0.174. The Morgan fingerprint density at radius 3 is 1.38 bits per heavy atom. The summed E-state index contributed by atoms with van der Waals surface area (Å²) in [5.74, 6) is -0.699. The number of carbonyl (C=O) groups is 1. The van der Waals surface area contributed by atoms with Gasteiger partial charge in [0.25, 0.3) is 0 Å². The number of hydrogen-bond donors (Lipinski definition) is 1. The summed E-state index contributed by atoms with van der Waals surface area (Å²) in [6.45, 7) is 2.07. The predicted molar refractivity (Wildman–Crippen MR) is 113 cm³/mol. The van der Waals surface area contributed by atoms with Crippen LogP contribution < -0.4 is 15.9 Å². The SMILES string of the molecule is CCCC(C(=O)O)[PH](c1ccccc1)(c1ccccc1)c1ccccc1. The first-order chi connectivity index (χ1) is 12.7. The molecule has 3 rings (SSSR count). The third-order valence-electron chi connectivity index (χ3n) is 5.09. The first kappa shape index (κ1) is 18.4. The summed E-state index contributed by atoms with van der Waals surface area (Å²) in [5, 5.41) is 13.7. The molecule has 0 aromatic heterocycles. The van der Waals surface area contributed by atoms with E-state index in [2.05, 4.69) is 43.3 Å². The second kappa shape index (κ2) is 8.29. The third-order valence-corrected chi connectivity index (χ3v) is 10.4. The van der Waals surface area contributed by atoms with Gasteiger partial charge < -0.3 is 0 Å². The van der Waals surface area contributed by atoms with E-state index in [9.17, 15) is 9.90 Å². The quantitative estimate of drug-likeness (QED) is 0.644. The molecular weight excluding hydrogens is 339 g/mol. The number of hydrogen-bond acceptors (Lipinski definition) is 1. The summed E-state index contributed by atoms with van der Waals surface area (Å²) in [6, 6.07) is 30.8. The van der Waals surface area contributed by atoms with Crippen molar-refractivity contribution in [2.45, 2.75) is 25.4 Å². The van der Waals surface area contributed by atoms with Crippen LogP contribution in [0.3, 0.4) is 0 Å². The van der Waals surface area contributed by atoms with Gasteiger partial charge in [-0.05, 0) is 0 Å². The van der Waals surface area contributed by atoms with Crippen molar-refractivity contribution in [3.8, 4) is 0 Å². The van der Waals surface area contributed by atoms with Crippen molar-refractivity contribution in [2.24, 2.45) is 0 Å². The molecule has 2 nitrogen and oxygen atoms in total. The van der Waals surface area contributed by atoms with Crippen molar-refractivity contribution in [3.63, 3.8) is 0 Å². The van der Waals surface area contributed by atoms with Gasteiger partial charge in [0.15, 0.2) is 0 Å². The van der Waals surface area contributed by atoms with Gasteiger partial charge in [0.05, 0.1) is 0 Å². The number of carboxylic acid groups (broad SMARTS) is 1. The number of aliphatic carboxylic acids is 1. The van der Waals surface area contributed by atoms with Crippen molar-refractivity contribution in [1.29, 1.82) is 0 Å². The summed E-state index contributed by atoms with van der Waals surface area (Å²) < 4.78 is 0. The van der Waals surface area contributed by atoms with Gasteiger partial charge in [-0.15, -0.1) is 0 Å². The Hall–Kier alpha value is -2.44. The van der Waals surface area contributed by atoms with Crippen LogP contribution in [-0.4, -0.2) is 16.7 Å². The summed E-state index contributed by atoms with van der Waals surface area (Å²) in [5.41, 5.74) is -0.417. The maximum atomic E-state index is 12.5. The van der Waals surface area contributed by atoms with Crippen LogP contribution in [0.4, 0.5) is 0 Å². The van der Waals surface area contributed by atoms with Crippen molar-refractivity contribution < 1.29 is 9.90 Å². The molecule has 0 amide bonds. The molecule has 3 heteroatoms. The minimum absolute atomic E-state index is 0.417. The van der Waals surface area contributed by atoms with Crippen LogP contribution in [-0.2, 0) is 4.79 Å². The average Bonchev–Trinajstić information content (AvgIpc) is 2.70. The second-order valence-corrected chi connectivity index (χ2v) is 10.6. The van der Waals surface area contributed by atoms with Gasteiger partial charge in [-0.1, -0.05) is 0 Å². The summed E-state index contributed by atoms with van der Waals surface area (Å²) >= 11 is 0. The number of carboxylic acids is 1. The molecule has 0 radical (unpaired) electrons. The Bertz CT molecular complexity index is 735. The zero-order chi connectivity index (χ0) is 18.4. The van der Waals surface area contributed by atoms with E-state index in [0.29, 0.717) is 6.42 Å². The van der Waals surface area contributed by atoms with Crippen LogP contribution in [0.1, 0.15) is 19.8 Å². The van der Waals surface area contributed by atoms with E-state index in [1.54, 1.807) is 0 Å². The molecule has 0 aliphatic rings. The third kappa shape index (κ3) is 3.30. The number of rotatable bonds is 7. The molecular formula is C23H25O2P. The Labute approximate surface area is 155 Å². The van der Waals surface area contributed by atoms with E-state index in [-0.39, 0.29) is 0 Å². The Kier molecular flexibility index (Phi) is 5.85. The molecule has 0 aliphatic carbocycles. The van der Waals surface area contributed by atoms with Gasteiger partial charge in [0.1, 0.15) is 0 Å². The van der Waals surface area contributed by atoms with Crippen molar-refractivity contribution in [2.75, 3.05) is 0 Å². The zero-order valence-electron chi connectivity index (χ0n) is 15.0. The van der Waals surface area contributed by atoms with Crippen LogP contribution in [0.15, 0.2) is 91.0 Å². The van der Waals surface area contributed by atoms with Gasteiger partial charge in [-0.3, -0.25) is 0 Å². The zero-order valence-corrected chi connectivity index (χ0v) is 16.0. The molecule has 1 N–H and O–H groups in total. The monoisotopic (exact) mass is 364 g/mol. The van der Waals surface area contributed by atoms with E-state index in [1.165, 1.54) is 0 Å². The normalized spacial score (nSPS) is 13.1. The molecule has 0 saturated carbocycles. The van der Waals surface area contributed by atoms with E-state index in [1.807, 2.05) is 54.6 Å². The van der Waals surface area contributed by atoms with Crippen LogP contribution >= 0.6 is 7.26 Å². The maximum absolute atomic E-state index is 12.5. The van der Waals surface area contributed by atoms with E-state index in [4.69, 9.17) is 0 Å². The van der Waals surface area contributed by atoms with E-state index in [0.717, 1.165) is 22.3 Å². The number of benzene rings is 3. The Morgan fingerprint density at radius 2 is 1.12 bits per heavy atom. The average molecular weight is 364 g/mol. The van der Waals surface area contributed by atoms with Crippen LogP contribution in [0.5, 0.6) is 0 Å². The van der Waals surface area contributed by atoms with Crippen LogP contribution in [0.25, 0.3) is 0 Å². The van der Waals surface area contributed by atoms with Crippen molar-refractivity contribution >= 4 is 29.1 Å². The molecule has 3 aromatic rings. The Morgan fingerprint density at radius 1 is 0.769 bits per heavy atom. The first-order valence-corrected chi connectivity index (χ1v) is 11.2. The van der Waals surface area contributed by atoms with Gasteiger partial charge >= 0.3 is 155 Å². The van der Waals surface area contributed by atoms with Crippen molar-refractivity contribution in [3.05, 3.63) is 91.0 Å². The summed E-state index contributed by atoms with van der Waals surface area (Å²) in [4.78, 5) is 12.5. The standard InChI is InChI=1S/C23H25O2P/c1-2-12-22(23(24)25)26(19-13-6-3-7-14-19,20-15-8-4-9-16-20)21-17-10-5-11-18-21/h3-11,13-18,22,26H,2,12H2,1H3,(H,24,25). The van der Waals surface area contributed by atoms with Crippen molar-refractivity contribution in [1.82, 2.24) is 0 Å². The molecule has 0 heterocycles. The fourth-order valence-corrected chi connectivity index (χ4v) is 9.47. The molecule has 3 aromatic carbocycles. The van der Waals surface area contributed by atoms with Gasteiger partial charge in [0, 0.05) is 0 Å². The molecule has 0 saturated heterocycles. The topological polar surface area (TPSA) is 37.3 Å². The first-order valence-electron chi connectivity index (χ1n) is 9.10. The van der Waals surface area contributed by atoms with Gasteiger partial charge in [-0.25, -0.2) is 0 Å². The molecule has 0 aliphatic heterocycles. The van der Waals surface area contributed by atoms with Crippen LogP contribution in [0, 0.1) is 0 Å². The fourth-order valence-electron chi connectivity index (χ4n) is 4.02. The molecule has 0 fully saturated rings. The molecule has 134 valence electrons. The van der Waals surface area contributed by atoms with Crippen LogP contribution in [0.2, 0.25) is 0 Å². The van der Waals surface area contributed by atoms with E-state index >= 15 is 0 Å². The van der Waals surface area contributed by atoms with Gasteiger partial charge in [0.2, 0.25) is 0 Å². The minimum atomic E-state index is -2.74. The molecule has 26 heavy (non-hydrogen) atoms. The Balaban J connectivity index is 2.40.